The molecule has 0 radical (unpaired) electrons. The number of hydrogen-bond acceptors (Lipinski definition) is 0. The van der Waals surface area contributed by atoms with Gasteiger partial charge in [-0.05, 0) is 19.3 Å². The number of hydrogen-bond donors (Lipinski definition) is 0. The molecule has 0 N–H and O–H groups in total. The second-order valence-corrected chi connectivity index (χ2v) is 2.86. The molecule has 0 rings (SSSR count). The summed E-state index contributed by atoms with van der Waals surface area (Å²) in [6.07, 6.45) is 12.2. The first-order chi connectivity index (χ1) is 4.91. The second kappa shape index (κ2) is 8.96. The number of allylic oxidation sites excluding steroid dienone is 4. The second-order valence-electron chi connectivity index (χ2n) is 2.06. The van der Waals surface area contributed by atoms with Crippen molar-refractivity contribution in [3.05, 3.63) is 24.3 Å². The molecule has 0 saturated carbocycles. The fraction of sp³-hybridized carbons (Fsp3) is 0.556. The van der Waals surface area contributed by atoms with Crippen LogP contribution in [-0.4, -0.2) is 5.33 Å². The molecule has 0 aliphatic carbocycles. The quantitative estimate of drug-likeness (QED) is 0.472. The number of halogens is 1. The third-order valence-corrected chi connectivity index (χ3v) is 1.57. The highest BCUT2D eigenvalue weighted by Gasteiger charge is 1.72. The van der Waals surface area contributed by atoms with Crippen LogP contribution in [-0.2, 0) is 0 Å². The van der Waals surface area contributed by atoms with Crippen LogP contribution in [0.1, 0.15) is 26.2 Å². The molecular formula is C9H15Br. The maximum atomic E-state index is 3.36. The zero-order valence-corrected chi connectivity index (χ0v) is 8.10. The molecule has 0 aliphatic heterocycles. The Morgan fingerprint density at radius 1 is 1.10 bits per heavy atom. The van der Waals surface area contributed by atoms with E-state index in [2.05, 4.69) is 47.2 Å². The minimum Gasteiger partial charge on any atom is -0.0925 e. The Bertz CT molecular complexity index is 103. The van der Waals surface area contributed by atoms with Crippen LogP contribution in [0.3, 0.4) is 0 Å². The Kier molecular flexibility index (Phi) is 8.92. The summed E-state index contributed by atoms with van der Waals surface area (Å²) in [5.74, 6) is 0. The largest absolute Gasteiger partial charge is 0.0925 e. The minimum atomic E-state index is 1.07. The fourth-order valence-corrected chi connectivity index (χ4v) is 0.883. The van der Waals surface area contributed by atoms with Gasteiger partial charge in [-0.15, -0.1) is 0 Å². The minimum absolute atomic E-state index is 1.07. The van der Waals surface area contributed by atoms with Crippen molar-refractivity contribution in [1.29, 1.82) is 0 Å². The van der Waals surface area contributed by atoms with E-state index in [9.17, 15) is 0 Å². The van der Waals surface area contributed by atoms with Gasteiger partial charge in [-0.1, -0.05) is 47.2 Å². The molecule has 1 heteroatoms. The van der Waals surface area contributed by atoms with E-state index in [-0.39, 0.29) is 0 Å². The van der Waals surface area contributed by atoms with Gasteiger partial charge in [0.05, 0.1) is 0 Å². The van der Waals surface area contributed by atoms with E-state index in [4.69, 9.17) is 0 Å². The lowest BCUT2D eigenvalue weighted by Crippen LogP contribution is -1.65. The summed E-state index contributed by atoms with van der Waals surface area (Å²) in [7, 11) is 0. The van der Waals surface area contributed by atoms with Crippen LogP contribution < -0.4 is 0 Å². The average Bonchev–Trinajstić information content (AvgIpc) is 1.97. The van der Waals surface area contributed by atoms with Gasteiger partial charge < -0.3 is 0 Å². The van der Waals surface area contributed by atoms with Gasteiger partial charge >= 0.3 is 0 Å². The maximum absolute atomic E-state index is 3.36. The summed E-state index contributed by atoms with van der Waals surface area (Å²) < 4.78 is 0. The van der Waals surface area contributed by atoms with Gasteiger partial charge in [-0.25, -0.2) is 0 Å². The normalized spacial score (nSPS) is 11.8. The van der Waals surface area contributed by atoms with Crippen LogP contribution in [0.4, 0.5) is 0 Å². The molecule has 0 fully saturated rings. The zero-order valence-electron chi connectivity index (χ0n) is 6.52. The summed E-state index contributed by atoms with van der Waals surface area (Å²) >= 11 is 3.36. The Balaban J connectivity index is 3.09. The van der Waals surface area contributed by atoms with Gasteiger partial charge in [0.1, 0.15) is 0 Å². The van der Waals surface area contributed by atoms with Crippen LogP contribution >= 0.6 is 15.9 Å². The van der Waals surface area contributed by atoms with E-state index in [1.807, 2.05) is 0 Å². The highest BCUT2D eigenvalue weighted by Crippen LogP contribution is 1.92. The van der Waals surface area contributed by atoms with Crippen LogP contribution in [0.2, 0.25) is 0 Å². The van der Waals surface area contributed by atoms with E-state index in [0.717, 1.165) is 24.6 Å². The topological polar surface area (TPSA) is 0 Å². The Morgan fingerprint density at radius 2 is 1.80 bits per heavy atom. The first-order valence-electron chi connectivity index (χ1n) is 3.77. The Labute approximate surface area is 72.1 Å². The van der Waals surface area contributed by atoms with Crippen LogP contribution in [0, 0.1) is 0 Å². The highest BCUT2D eigenvalue weighted by atomic mass is 79.9. The Hall–Kier alpha value is -0.0400. The van der Waals surface area contributed by atoms with E-state index in [1.165, 1.54) is 0 Å². The molecule has 0 aliphatic rings. The molecular weight excluding hydrogens is 188 g/mol. The molecule has 58 valence electrons. The maximum Gasteiger partial charge on any atom is 0.00659 e. The predicted molar refractivity (Wildman–Crippen MR) is 51.6 cm³/mol. The van der Waals surface area contributed by atoms with Gasteiger partial charge in [0.2, 0.25) is 0 Å². The van der Waals surface area contributed by atoms with E-state index < -0.39 is 0 Å². The molecule has 0 aromatic carbocycles. The molecule has 0 amide bonds. The summed E-state index contributed by atoms with van der Waals surface area (Å²) in [6, 6.07) is 0. The van der Waals surface area contributed by atoms with Crippen LogP contribution in [0.15, 0.2) is 24.3 Å². The summed E-state index contributed by atoms with van der Waals surface area (Å²) in [5.41, 5.74) is 0. The van der Waals surface area contributed by atoms with Crippen molar-refractivity contribution in [3.63, 3.8) is 0 Å². The molecule has 10 heavy (non-hydrogen) atoms. The first-order valence-corrected chi connectivity index (χ1v) is 4.90. The summed E-state index contributed by atoms with van der Waals surface area (Å²) in [4.78, 5) is 0. The lowest BCUT2D eigenvalue weighted by atomic mass is 10.3. The molecule has 0 aromatic rings. The zero-order chi connectivity index (χ0) is 7.66. The van der Waals surface area contributed by atoms with E-state index >= 15 is 0 Å². The average molecular weight is 203 g/mol. The van der Waals surface area contributed by atoms with Gasteiger partial charge in [-0.2, -0.15) is 0 Å². The molecule has 0 unspecified atom stereocenters. The Morgan fingerprint density at radius 3 is 2.40 bits per heavy atom. The number of alkyl halides is 1. The molecule has 0 saturated heterocycles. The lowest BCUT2D eigenvalue weighted by molar-refractivity contribution is 1.18. The van der Waals surface area contributed by atoms with Crippen molar-refractivity contribution in [2.45, 2.75) is 26.2 Å². The van der Waals surface area contributed by atoms with Crippen molar-refractivity contribution < 1.29 is 0 Å². The molecule has 0 atom stereocenters. The predicted octanol–water partition coefficient (Wildman–Crippen LogP) is 3.68. The number of rotatable bonds is 5. The molecule has 0 aromatic heterocycles. The van der Waals surface area contributed by atoms with Gasteiger partial charge in [0, 0.05) is 5.33 Å². The van der Waals surface area contributed by atoms with Gasteiger partial charge in [0.15, 0.2) is 0 Å². The SMILES string of the molecule is CCC=CCC=CCCBr. The van der Waals surface area contributed by atoms with Gasteiger partial charge in [-0.3, -0.25) is 0 Å². The van der Waals surface area contributed by atoms with Crippen molar-refractivity contribution in [1.82, 2.24) is 0 Å². The molecule has 0 heterocycles. The van der Waals surface area contributed by atoms with E-state index in [0.29, 0.717) is 0 Å². The summed E-state index contributed by atoms with van der Waals surface area (Å²) in [6.45, 7) is 2.15. The van der Waals surface area contributed by atoms with Crippen molar-refractivity contribution in [2.75, 3.05) is 5.33 Å². The smallest absolute Gasteiger partial charge is 0.00659 e. The molecule has 0 nitrogen and oxygen atoms in total. The van der Waals surface area contributed by atoms with Crippen molar-refractivity contribution in [3.8, 4) is 0 Å². The third-order valence-electron chi connectivity index (χ3n) is 1.12. The van der Waals surface area contributed by atoms with Crippen molar-refractivity contribution >= 4 is 15.9 Å². The van der Waals surface area contributed by atoms with Gasteiger partial charge in [0.25, 0.3) is 0 Å². The summed E-state index contributed by atoms with van der Waals surface area (Å²) in [5, 5.41) is 1.07. The highest BCUT2D eigenvalue weighted by molar-refractivity contribution is 9.09. The standard InChI is InChI=1S/C9H15Br/c1-2-3-4-5-6-7-8-9-10/h3-4,6-7H,2,5,8-9H2,1H3. The van der Waals surface area contributed by atoms with Crippen LogP contribution in [0.5, 0.6) is 0 Å². The third kappa shape index (κ3) is 7.96. The molecule has 0 spiro atoms. The van der Waals surface area contributed by atoms with Crippen LogP contribution in [0.25, 0.3) is 0 Å². The van der Waals surface area contributed by atoms with E-state index in [1.54, 1.807) is 0 Å². The van der Waals surface area contributed by atoms with Crippen molar-refractivity contribution in [2.24, 2.45) is 0 Å². The monoisotopic (exact) mass is 202 g/mol. The fourth-order valence-electron chi connectivity index (χ4n) is 0.619. The first kappa shape index (κ1) is 9.96. The molecule has 0 bridgehead atoms. The lowest BCUT2D eigenvalue weighted by Gasteiger charge is -1.82.